The molecule has 4 rings (SSSR count). The van der Waals surface area contributed by atoms with Crippen molar-refractivity contribution in [3.63, 3.8) is 0 Å². The Kier molecular flexibility index (Phi) is 7.42. The smallest absolute Gasteiger partial charge is 0.246 e. The highest BCUT2D eigenvalue weighted by Gasteiger charge is 2.32. The second-order valence-corrected chi connectivity index (χ2v) is 11.2. The van der Waals surface area contributed by atoms with Crippen LogP contribution in [0.3, 0.4) is 0 Å². The Balaban J connectivity index is 1.49. The maximum Gasteiger partial charge on any atom is 0.246 e. The minimum atomic E-state index is -3.68. The molecule has 0 unspecified atom stereocenters. The summed E-state index contributed by atoms with van der Waals surface area (Å²) in [6.07, 6.45) is 0. The van der Waals surface area contributed by atoms with Gasteiger partial charge in [0.2, 0.25) is 10.0 Å². The predicted octanol–water partition coefficient (Wildman–Crippen LogP) is 4.79. The van der Waals surface area contributed by atoms with Gasteiger partial charge in [0.05, 0.1) is 12.3 Å². The fourth-order valence-electron chi connectivity index (χ4n) is 4.40. The lowest BCUT2D eigenvalue weighted by molar-refractivity contribution is 0.327. The second kappa shape index (κ2) is 10.3. The van der Waals surface area contributed by atoms with E-state index in [1.54, 1.807) is 16.4 Å². The Morgan fingerprint density at radius 2 is 1.69 bits per heavy atom. The van der Waals surface area contributed by atoms with Crippen LogP contribution in [-0.4, -0.2) is 55.7 Å². The summed E-state index contributed by atoms with van der Waals surface area (Å²) >= 11 is 0. The van der Waals surface area contributed by atoms with Gasteiger partial charge in [0.25, 0.3) is 0 Å². The maximum atomic E-state index is 13.6. The third-order valence-electron chi connectivity index (χ3n) is 6.42. The number of aromatic nitrogens is 2. The largest absolute Gasteiger partial charge is 0.492 e. The van der Waals surface area contributed by atoms with Gasteiger partial charge >= 0.3 is 0 Å². The molecule has 0 N–H and O–H groups in total. The van der Waals surface area contributed by atoms with Crippen molar-refractivity contribution in [3.8, 4) is 17.0 Å². The standard InChI is InChI=1S/C27H34N4O3S/c1-6-34-25-11-8-22(19(2)3)18-26(25)35(32,33)31-15-13-30(14-16-31)27-12-10-24(28-29-27)23-9-7-20(4)17-21(23)5/h7-12,17-19H,6,13-16H2,1-5H3. The first-order valence-corrected chi connectivity index (χ1v) is 13.6. The molecule has 1 fully saturated rings. The van der Waals surface area contributed by atoms with Crippen LogP contribution in [0.4, 0.5) is 5.82 Å². The Bertz CT molecular complexity index is 1280. The molecular weight excluding hydrogens is 460 g/mol. The average molecular weight is 495 g/mol. The van der Waals surface area contributed by atoms with E-state index in [1.807, 2.05) is 25.1 Å². The Labute approximate surface area is 208 Å². The molecular formula is C27H34N4O3S. The summed E-state index contributed by atoms with van der Waals surface area (Å²) in [4.78, 5) is 2.33. The van der Waals surface area contributed by atoms with Crippen molar-refractivity contribution < 1.29 is 13.2 Å². The highest BCUT2D eigenvalue weighted by molar-refractivity contribution is 7.89. The maximum absolute atomic E-state index is 13.6. The van der Waals surface area contributed by atoms with E-state index < -0.39 is 10.0 Å². The van der Waals surface area contributed by atoms with Crippen LogP contribution in [0.25, 0.3) is 11.3 Å². The molecule has 8 heteroatoms. The molecule has 0 saturated carbocycles. The molecule has 0 amide bonds. The summed E-state index contributed by atoms with van der Waals surface area (Å²) in [6.45, 7) is 12.4. The van der Waals surface area contributed by atoms with Gasteiger partial charge < -0.3 is 9.64 Å². The molecule has 7 nitrogen and oxygen atoms in total. The van der Waals surface area contributed by atoms with Crippen molar-refractivity contribution in [1.82, 2.24) is 14.5 Å². The number of anilines is 1. The van der Waals surface area contributed by atoms with Crippen LogP contribution < -0.4 is 9.64 Å². The van der Waals surface area contributed by atoms with Gasteiger partial charge in [-0.2, -0.15) is 4.31 Å². The fraction of sp³-hybridized carbons (Fsp3) is 0.407. The molecule has 2 aromatic carbocycles. The zero-order valence-corrected chi connectivity index (χ0v) is 22.0. The van der Waals surface area contributed by atoms with Crippen LogP contribution >= 0.6 is 0 Å². The van der Waals surface area contributed by atoms with Gasteiger partial charge in [-0.05, 0) is 62.1 Å². The van der Waals surface area contributed by atoms with Crippen molar-refractivity contribution in [2.45, 2.75) is 45.4 Å². The molecule has 1 saturated heterocycles. The molecule has 0 atom stereocenters. The van der Waals surface area contributed by atoms with Gasteiger partial charge in [-0.15, -0.1) is 10.2 Å². The Morgan fingerprint density at radius 3 is 2.29 bits per heavy atom. The van der Waals surface area contributed by atoms with E-state index in [1.165, 1.54) is 11.1 Å². The van der Waals surface area contributed by atoms with Gasteiger partial charge in [0, 0.05) is 31.7 Å². The molecule has 0 spiro atoms. The molecule has 0 radical (unpaired) electrons. The summed E-state index contributed by atoms with van der Waals surface area (Å²) < 4.78 is 34.3. The number of piperazine rings is 1. The van der Waals surface area contributed by atoms with Gasteiger partial charge in [0.15, 0.2) is 5.82 Å². The number of sulfonamides is 1. The van der Waals surface area contributed by atoms with Crippen LogP contribution in [0.5, 0.6) is 5.75 Å². The molecule has 1 aromatic heterocycles. The van der Waals surface area contributed by atoms with Crippen LogP contribution in [0, 0.1) is 13.8 Å². The summed E-state index contributed by atoms with van der Waals surface area (Å²) in [6, 6.07) is 15.7. The molecule has 1 aliphatic rings. The van der Waals surface area contributed by atoms with E-state index in [0.29, 0.717) is 38.5 Å². The first-order valence-electron chi connectivity index (χ1n) is 12.1. The molecule has 35 heavy (non-hydrogen) atoms. The zero-order valence-electron chi connectivity index (χ0n) is 21.2. The highest BCUT2D eigenvalue weighted by atomic mass is 32.2. The first kappa shape index (κ1) is 25.1. The number of rotatable bonds is 7. The molecule has 186 valence electrons. The fourth-order valence-corrected chi connectivity index (χ4v) is 5.98. The molecule has 3 aromatic rings. The number of hydrogen-bond donors (Lipinski definition) is 0. The quantitative estimate of drug-likeness (QED) is 0.470. The summed E-state index contributed by atoms with van der Waals surface area (Å²) in [7, 11) is -3.68. The zero-order chi connectivity index (χ0) is 25.2. The lowest BCUT2D eigenvalue weighted by Gasteiger charge is -2.34. The third kappa shape index (κ3) is 5.33. The first-order chi connectivity index (χ1) is 16.7. The number of benzene rings is 2. The van der Waals surface area contributed by atoms with E-state index in [-0.39, 0.29) is 10.8 Å². The molecule has 1 aliphatic heterocycles. The predicted molar refractivity (Wildman–Crippen MR) is 140 cm³/mol. The number of nitrogens with zero attached hydrogens (tertiary/aromatic N) is 4. The van der Waals surface area contributed by atoms with Crippen LogP contribution in [0.15, 0.2) is 53.4 Å². The Hall–Kier alpha value is -2.97. The molecule has 2 heterocycles. The minimum absolute atomic E-state index is 0.224. The topological polar surface area (TPSA) is 75.6 Å². The van der Waals surface area contributed by atoms with E-state index in [9.17, 15) is 8.42 Å². The summed E-state index contributed by atoms with van der Waals surface area (Å²) in [5, 5.41) is 8.89. The van der Waals surface area contributed by atoms with Gasteiger partial charge in [-0.1, -0.05) is 43.7 Å². The van der Waals surface area contributed by atoms with Gasteiger partial charge in [-0.3, -0.25) is 0 Å². The van der Waals surface area contributed by atoms with Crippen molar-refractivity contribution in [2.75, 3.05) is 37.7 Å². The van der Waals surface area contributed by atoms with E-state index in [2.05, 4.69) is 61.0 Å². The van der Waals surface area contributed by atoms with Crippen molar-refractivity contribution in [1.29, 1.82) is 0 Å². The van der Waals surface area contributed by atoms with Gasteiger partial charge in [0.1, 0.15) is 10.6 Å². The van der Waals surface area contributed by atoms with Crippen molar-refractivity contribution >= 4 is 15.8 Å². The Morgan fingerprint density at radius 1 is 0.943 bits per heavy atom. The molecule has 0 aliphatic carbocycles. The van der Waals surface area contributed by atoms with E-state index in [0.717, 1.165) is 22.6 Å². The van der Waals surface area contributed by atoms with E-state index in [4.69, 9.17) is 4.74 Å². The van der Waals surface area contributed by atoms with Crippen LogP contribution in [-0.2, 0) is 10.0 Å². The number of aryl methyl sites for hydroxylation is 2. The lowest BCUT2D eigenvalue weighted by atomic mass is 10.0. The van der Waals surface area contributed by atoms with E-state index >= 15 is 0 Å². The number of ether oxygens (including phenoxy) is 1. The third-order valence-corrected chi connectivity index (χ3v) is 8.34. The minimum Gasteiger partial charge on any atom is -0.492 e. The van der Waals surface area contributed by atoms with Gasteiger partial charge in [-0.25, -0.2) is 8.42 Å². The normalized spacial score (nSPS) is 15.0. The monoisotopic (exact) mass is 494 g/mol. The molecule has 0 bridgehead atoms. The van der Waals surface area contributed by atoms with Crippen LogP contribution in [0.2, 0.25) is 0 Å². The second-order valence-electron chi connectivity index (χ2n) is 9.28. The number of hydrogen-bond acceptors (Lipinski definition) is 6. The highest BCUT2D eigenvalue weighted by Crippen LogP contribution is 2.31. The lowest BCUT2D eigenvalue weighted by Crippen LogP contribution is -2.49. The van der Waals surface area contributed by atoms with Crippen molar-refractivity contribution in [2.24, 2.45) is 0 Å². The SMILES string of the molecule is CCOc1ccc(C(C)C)cc1S(=O)(=O)N1CCN(c2ccc(-c3ccc(C)cc3C)nn2)CC1. The summed E-state index contributed by atoms with van der Waals surface area (Å²) in [5.41, 5.74) is 5.26. The summed E-state index contributed by atoms with van der Waals surface area (Å²) in [5.74, 6) is 1.39. The van der Waals surface area contributed by atoms with Crippen LogP contribution in [0.1, 0.15) is 43.4 Å². The average Bonchev–Trinajstić information content (AvgIpc) is 2.84. The van der Waals surface area contributed by atoms with Crippen molar-refractivity contribution in [3.05, 3.63) is 65.2 Å².